The Bertz CT molecular complexity index is 1030. The van der Waals surface area contributed by atoms with E-state index in [1.165, 1.54) is 47.8 Å². The van der Waals surface area contributed by atoms with Crippen LogP contribution < -0.4 is 10.1 Å². The zero-order valence-electron chi connectivity index (χ0n) is 16.1. The largest absolute Gasteiger partial charge is 0.495 e. The number of nitrogens with zero attached hydrogens (tertiary/aromatic N) is 1. The SMILES string of the molecule is COc1ccc(C(=O)Nc2cccc(Cl)c2F)cc1S(=O)(=O)N1CCCC[C@@H]1C. The molecule has 1 fully saturated rings. The van der Waals surface area contributed by atoms with Crippen LogP contribution in [0.25, 0.3) is 0 Å². The van der Waals surface area contributed by atoms with Crippen molar-refractivity contribution in [3.63, 3.8) is 0 Å². The second kappa shape index (κ2) is 8.69. The van der Waals surface area contributed by atoms with Crippen molar-refractivity contribution in [3.05, 3.63) is 52.8 Å². The molecule has 2 aromatic rings. The Hall–Kier alpha value is -2.16. The minimum Gasteiger partial charge on any atom is -0.495 e. The summed E-state index contributed by atoms with van der Waals surface area (Å²) in [4.78, 5) is 12.5. The van der Waals surface area contributed by atoms with Crippen molar-refractivity contribution in [1.29, 1.82) is 0 Å². The Morgan fingerprint density at radius 3 is 2.72 bits per heavy atom. The molecule has 0 radical (unpaired) electrons. The van der Waals surface area contributed by atoms with Crippen molar-refractivity contribution in [2.45, 2.75) is 37.1 Å². The highest BCUT2D eigenvalue weighted by Crippen LogP contribution is 2.32. The number of benzene rings is 2. The lowest BCUT2D eigenvalue weighted by molar-refractivity contribution is 0.102. The van der Waals surface area contributed by atoms with Crippen molar-refractivity contribution < 1.29 is 22.3 Å². The quantitative estimate of drug-likeness (QED) is 0.751. The number of hydrogen-bond acceptors (Lipinski definition) is 4. The van der Waals surface area contributed by atoms with Crippen molar-refractivity contribution in [2.75, 3.05) is 19.0 Å². The fourth-order valence-corrected chi connectivity index (χ4v) is 5.43. The number of amides is 1. The molecular weight excluding hydrogens is 419 g/mol. The third-order valence-electron chi connectivity index (χ3n) is 4.95. The number of anilines is 1. The van der Waals surface area contributed by atoms with Crippen LogP contribution in [0.1, 0.15) is 36.5 Å². The number of carbonyl (C=O) groups excluding carboxylic acids is 1. The molecule has 1 heterocycles. The summed E-state index contributed by atoms with van der Waals surface area (Å²) >= 11 is 5.74. The number of carbonyl (C=O) groups is 1. The highest BCUT2D eigenvalue weighted by Gasteiger charge is 2.33. The summed E-state index contributed by atoms with van der Waals surface area (Å²) in [7, 11) is -2.49. The highest BCUT2D eigenvalue weighted by atomic mass is 35.5. The summed E-state index contributed by atoms with van der Waals surface area (Å²) in [6, 6.07) is 8.20. The van der Waals surface area contributed by atoms with Crippen LogP contribution in [0.5, 0.6) is 5.75 Å². The van der Waals surface area contributed by atoms with Gasteiger partial charge in [-0.2, -0.15) is 4.31 Å². The van der Waals surface area contributed by atoms with Gasteiger partial charge >= 0.3 is 0 Å². The fraction of sp³-hybridized carbons (Fsp3) is 0.350. The van der Waals surface area contributed by atoms with Gasteiger partial charge < -0.3 is 10.1 Å². The number of methoxy groups -OCH3 is 1. The fourth-order valence-electron chi connectivity index (χ4n) is 3.37. The van der Waals surface area contributed by atoms with E-state index in [1.807, 2.05) is 6.92 Å². The second-order valence-electron chi connectivity index (χ2n) is 6.88. The summed E-state index contributed by atoms with van der Waals surface area (Å²) in [5.74, 6) is -1.27. The van der Waals surface area contributed by atoms with Gasteiger partial charge in [-0.1, -0.05) is 24.1 Å². The Labute approximate surface area is 174 Å². The Morgan fingerprint density at radius 2 is 2.03 bits per heavy atom. The zero-order chi connectivity index (χ0) is 21.2. The molecule has 9 heteroatoms. The molecule has 0 aliphatic carbocycles. The van der Waals surface area contributed by atoms with E-state index >= 15 is 0 Å². The summed E-state index contributed by atoms with van der Waals surface area (Å²) in [6.45, 7) is 2.28. The van der Waals surface area contributed by atoms with Gasteiger partial charge in [0.2, 0.25) is 10.0 Å². The Kier molecular flexibility index (Phi) is 6.45. The average molecular weight is 441 g/mol. The molecule has 3 rings (SSSR count). The lowest BCUT2D eigenvalue weighted by Crippen LogP contribution is -2.42. The van der Waals surface area contributed by atoms with Gasteiger partial charge in [-0.15, -0.1) is 0 Å². The number of hydrogen-bond donors (Lipinski definition) is 1. The van der Waals surface area contributed by atoms with E-state index in [2.05, 4.69) is 5.32 Å². The minimum atomic E-state index is -3.86. The molecule has 1 saturated heterocycles. The molecule has 0 aromatic heterocycles. The zero-order valence-corrected chi connectivity index (χ0v) is 17.7. The number of nitrogens with one attached hydrogen (secondary N) is 1. The van der Waals surface area contributed by atoms with Gasteiger partial charge in [-0.25, -0.2) is 12.8 Å². The molecule has 0 unspecified atom stereocenters. The lowest BCUT2D eigenvalue weighted by Gasteiger charge is -2.32. The Morgan fingerprint density at radius 1 is 1.28 bits per heavy atom. The van der Waals surface area contributed by atoms with E-state index in [-0.39, 0.29) is 33.0 Å². The normalized spacial score (nSPS) is 17.7. The summed E-state index contributed by atoms with van der Waals surface area (Å²) in [5, 5.41) is 2.30. The molecule has 1 amide bonds. The maximum atomic E-state index is 14.1. The maximum absolute atomic E-state index is 14.1. The van der Waals surface area contributed by atoms with E-state index in [0.29, 0.717) is 6.54 Å². The van der Waals surface area contributed by atoms with E-state index in [1.54, 1.807) is 0 Å². The Balaban J connectivity index is 1.96. The number of sulfonamides is 1. The molecule has 0 spiro atoms. The van der Waals surface area contributed by atoms with Crippen LogP contribution in [-0.4, -0.2) is 38.3 Å². The molecular formula is C20H22ClFN2O4S. The van der Waals surface area contributed by atoms with Gasteiger partial charge in [0.05, 0.1) is 17.8 Å². The third kappa shape index (κ3) is 4.39. The number of halogens is 2. The summed E-state index contributed by atoms with van der Waals surface area (Å²) < 4.78 is 47.2. The number of piperidine rings is 1. The summed E-state index contributed by atoms with van der Waals surface area (Å²) in [5.41, 5.74) is -0.0270. The van der Waals surface area contributed by atoms with Gasteiger partial charge in [0.25, 0.3) is 5.91 Å². The third-order valence-corrected chi connectivity index (χ3v) is 7.28. The predicted molar refractivity (Wildman–Crippen MR) is 110 cm³/mol. The van der Waals surface area contributed by atoms with Gasteiger partial charge in [0, 0.05) is 18.2 Å². The van der Waals surface area contributed by atoms with E-state index < -0.39 is 21.7 Å². The molecule has 2 aromatic carbocycles. The van der Waals surface area contributed by atoms with Crippen molar-refractivity contribution in [2.24, 2.45) is 0 Å². The standard InChI is InChI=1S/C20H22ClFN2O4S/c1-13-6-3-4-11-24(13)29(26,27)18-12-14(9-10-17(18)28-2)20(25)23-16-8-5-7-15(21)19(16)22/h5,7-10,12-13H,3-4,6,11H2,1-2H3,(H,23,25)/t13-/m0/s1. The molecule has 1 aliphatic heterocycles. The monoisotopic (exact) mass is 440 g/mol. The first-order valence-electron chi connectivity index (χ1n) is 9.21. The van der Waals surface area contributed by atoms with Crippen molar-refractivity contribution in [1.82, 2.24) is 4.31 Å². The number of rotatable bonds is 5. The van der Waals surface area contributed by atoms with Crippen LogP contribution in [0.15, 0.2) is 41.3 Å². The molecule has 0 bridgehead atoms. The van der Waals surface area contributed by atoms with Crippen LogP contribution in [0.2, 0.25) is 5.02 Å². The van der Waals surface area contributed by atoms with Gasteiger partial charge in [0.1, 0.15) is 10.6 Å². The maximum Gasteiger partial charge on any atom is 0.255 e. The van der Waals surface area contributed by atoms with Crippen LogP contribution >= 0.6 is 11.6 Å². The summed E-state index contributed by atoms with van der Waals surface area (Å²) in [6.07, 6.45) is 2.52. The van der Waals surface area contributed by atoms with Gasteiger partial charge in [-0.05, 0) is 50.1 Å². The van der Waals surface area contributed by atoms with E-state index in [4.69, 9.17) is 16.3 Å². The van der Waals surface area contributed by atoms with E-state index in [0.717, 1.165) is 19.3 Å². The van der Waals surface area contributed by atoms with Crippen LogP contribution in [-0.2, 0) is 10.0 Å². The van der Waals surface area contributed by atoms with Gasteiger partial charge in [0.15, 0.2) is 5.82 Å². The first kappa shape index (κ1) is 21.5. The number of ether oxygens (including phenoxy) is 1. The second-order valence-corrected chi connectivity index (χ2v) is 9.15. The minimum absolute atomic E-state index is 0.0633. The van der Waals surface area contributed by atoms with Crippen LogP contribution in [0, 0.1) is 5.82 Å². The van der Waals surface area contributed by atoms with Crippen molar-refractivity contribution in [3.8, 4) is 5.75 Å². The van der Waals surface area contributed by atoms with Gasteiger partial charge in [-0.3, -0.25) is 4.79 Å². The molecule has 1 N–H and O–H groups in total. The topological polar surface area (TPSA) is 75.7 Å². The first-order valence-corrected chi connectivity index (χ1v) is 11.0. The van der Waals surface area contributed by atoms with Crippen molar-refractivity contribution >= 4 is 33.2 Å². The predicted octanol–water partition coefficient (Wildman–Crippen LogP) is 4.30. The smallest absolute Gasteiger partial charge is 0.255 e. The highest BCUT2D eigenvalue weighted by molar-refractivity contribution is 7.89. The molecule has 1 atom stereocenters. The molecule has 6 nitrogen and oxygen atoms in total. The molecule has 0 saturated carbocycles. The van der Waals surface area contributed by atoms with Crippen LogP contribution in [0.4, 0.5) is 10.1 Å². The van der Waals surface area contributed by atoms with E-state index in [9.17, 15) is 17.6 Å². The first-order chi connectivity index (χ1) is 13.8. The average Bonchev–Trinajstić information content (AvgIpc) is 2.71. The molecule has 29 heavy (non-hydrogen) atoms. The molecule has 1 aliphatic rings. The molecule has 156 valence electrons. The lowest BCUT2D eigenvalue weighted by atomic mass is 10.1. The van der Waals surface area contributed by atoms with Crippen LogP contribution in [0.3, 0.4) is 0 Å².